The van der Waals surface area contributed by atoms with E-state index in [4.69, 9.17) is 5.11 Å². The third-order valence-corrected chi connectivity index (χ3v) is 2.67. The minimum Gasteiger partial charge on any atom is -0.478 e. The summed E-state index contributed by atoms with van der Waals surface area (Å²) in [5, 5.41) is 8.87. The van der Waals surface area contributed by atoms with Crippen molar-refractivity contribution in [3.8, 4) is 0 Å². The molecule has 1 aromatic heterocycles. The van der Waals surface area contributed by atoms with E-state index in [9.17, 15) is 4.79 Å². The lowest BCUT2D eigenvalue weighted by Crippen LogP contribution is -2.24. The summed E-state index contributed by atoms with van der Waals surface area (Å²) in [4.78, 5) is 17.0. The molecule has 1 aromatic rings. The third kappa shape index (κ3) is 3.22. The summed E-state index contributed by atoms with van der Waals surface area (Å²) in [7, 11) is 1.93. The highest BCUT2D eigenvalue weighted by atomic mass is 16.4. The first-order valence-electron chi connectivity index (χ1n) is 5.45. The SMILES string of the molecule is CCC(C)CN(C)c1cc(C(=O)O)ccn1. The second kappa shape index (κ2) is 5.49. The molecule has 1 heterocycles. The van der Waals surface area contributed by atoms with Crippen LogP contribution in [0.2, 0.25) is 0 Å². The molecule has 0 aliphatic carbocycles. The average Bonchev–Trinajstić information content (AvgIpc) is 2.28. The highest BCUT2D eigenvalue weighted by Gasteiger charge is 2.09. The van der Waals surface area contributed by atoms with Gasteiger partial charge in [-0.1, -0.05) is 20.3 Å². The lowest BCUT2D eigenvalue weighted by atomic mass is 10.1. The van der Waals surface area contributed by atoms with Crippen LogP contribution in [-0.2, 0) is 0 Å². The van der Waals surface area contributed by atoms with E-state index < -0.39 is 5.97 Å². The van der Waals surface area contributed by atoms with Gasteiger partial charge >= 0.3 is 5.97 Å². The Morgan fingerprint density at radius 1 is 1.62 bits per heavy atom. The first kappa shape index (κ1) is 12.5. The smallest absolute Gasteiger partial charge is 0.335 e. The molecule has 1 N–H and O–H groups in total. The van der Waals surface area contributed by atoms with E-state index in [2.05, 4.69) is 18.8 Å². The van der Waals surface area contributed by atoms with E-state index in [1.54, 1.807) is 6.07 Å². The molecule has 4 nitrogen and oxygen atoms in total. The third-order valence-electron chi connectivity index (χ3n) is 2.67. The average molecular weight is 222 g/mol. The van der Waals surface area contributed by atoms with Crippen LogP contribution in [0.1, 0.15) is 30.6 Å². The van der Waals surface area contributed by atoms with E-state index in [1.807, 2.05) is 11.9 Å². The van der Waals surface area contributed by atoms with Crippen molar-refractivity contribution in [1.82, 2.24) is 4.98 Å². The normalized spacial score (nSPS) is 12.2. The molecule has 4 heteroatoms. The van der Waals surface area contributed by atoms with Crippen LogP contribution >= 0.6 is 0 Å². The maximum absolute atomic E-state index is 10.8. The molecule has 0 aliphatic rings. The van der Waals surface area contributed by atoms with Gasteiger partial charge in [-0.3, -0.25) is 0 Å². The monoisotopic (exact) mass is 222 g/mol. The van der Waals surface area contributed by atoms with Crippen LogP contribution in [0.15, 0.2) is 18.3 Å². The summed E-state index contributed by atoms with van der Waals surface area (Å²) in [6, 6.07) is 3.10. The number of aromatic nitrogens is 1. The molecule has 0 fully saturated rings. The number of anilines is 1. The molecule has 0 bridgehead atoms. The summed E-state index contributed by atoms with van der Waals surface area (Å²) < 4.78 is 0. The van der Waals surface area contributed by atoms with Crippen molar-refractivity contribution in [2.24, 2.45) is 5.92 Å². The van der Waals surface area contributed by atoms with Crippen LogP contribution in [0.25, 0.3) is 0 Å². The first-order valence-corrected chi connectivity index (χ1v) is 5.45. The molecule has 0 saturated carbocycles. The maximum Gasteiger partial charge on any atom is 0.335 e. The van der Waals surface area contributed by atoms with E-state index >= 15 is 0 Å². The van der Waals surface area contributed by atoms with Gasteiger partial charge in [0.2, 0.25) is 0 Å². The predicted octanol–water partition coefficient (Wildman–Crippen LogP) is 2.26. The lowest BCUT2D eigenvalue weighted by Gasteiger charge is -2.21. The fourth-order valence-electron chi connectivity index (χ4n) is 1.45. The molecular formula is C12H18N2O2. The molecule has 0 aliphatic heterocycles. The van der Waals surface area contributed by atoms with Crippen LogP contribution in [-0.4, -0.2) is 29.7 Å². The number of hydrogen-bond acceptors (Lipinski definition) is 3. The van der Waals surface area contributed by atoms with E-state index in [1.165, 1.54) is 12.3 Å². The van der Waals surface area contributed by atoms with Crippen molar-refractivity contribution in [2.75, 3.05) is 18.5 Å². The van der Waals surface area contributed by atoms with Gasteiger partial charge in [0.15, 0.2) is 0 Å². The number of carboxylic acids is 1. The quantitative estimate of drug-likeness (QED) is 0.830. The van der Waals surface area contributed by atoms with Crippen molar-refractivity contribution in [1.29, 1.82) is 0 Å². The number of pyridine rings is 1. The largest absolute Gasteiger partial charge is 0.478 e. The molecule has 1 unspecified atom stereocenters. The van der Waals surface area contributed by atoms with Gasteiger partial charge < -0.3 is 10.0 Å². The summed E-state index contributed by atoms with van der Waals surface area (Å²) in [5.41, 5.74) is 0.279. The van der Waals surface area contributed by atoms with Crippen LogP contribution in [0, 0.1) is 5.92 Å². The van der Waals surface area contributed by atoms with Gasteiger partial charge in [-0.2, -0.15) is 0 Å². The molecule has 0 radical (unpaired) electrons. The van der Waals surface area contributed by atoms with Gasteiger partial charge in [0.05, 0.1) is 5.56 Å². The van der Waals surface area contributed by atoms with Crippen molar-refractivity contribution >= 4 is 11.8 Å². The Kier molecular flexibility index (Phi) is 4.28. The molecule has 0 saturated heterocycles. The Hall–Kier alpha value is -1.58. The Morgan fingerprint density at radius 3 is 2.88 bits per heavy atom. The van der Waals surface area contributed by atoms with Gasteiger partial charge in [0.25, 0.3) is 0 Å². The Bertz CT molecular complexity index is 366. The molecule has 0 amide bonds. The molecule has 0 spiro atoms. The molecule has 0 aromatic carbocycles. The standard InChI is InChI=1S/C12H18N2O2/c1-4-9(2)8-14(3)11-7-10(12(15)16)5-6-13-11/h5-7,9H,4,8H2,1-3H3,(H,15,16). The van der Waals surface area contributed by atoms with Crippen molar-refractivity contribution < 1.29 is 9.90 Å². The Morgan fingerprint density at radius 2 is 2.31 bits per heavy atom. The summed E-state index contributed by atoms with van der Waals surface area (Å²) in [6.07, 6.45) is 2.63. The second-order valence-corrected chi connectivity index (χ2v) is 4.10. The van der Waals surface area contributed by atoms with E-state index in [0.29, 0.717) is 11.7 Å². The number of aromatic carboxylic acids is 1. The fourth-order valence-corrected chi connectivity index (χ4v) is 1.45. The van der Waals surface area contributed by atoms with Gasteiger partial charge in [-0.05, 0) is 18.1 Å². The number of carboxylic acid groups (broad SMARTS) is 1. The van der Waals surface area contributed by atoms with Crippen LogP contribution < -0.4 is 4.90 Å². The minimum absolute atomic E-state index is 0.279. The van der Waals surface area contributed by atoms with Gasteiger partial charge in [-0.25, -0.2) is 9.78 Å². The molecule has 88 valence electrons. The fraction of sp³-hybridized carbons (Fsp3) is 0.500. The molecule has 1 atom stereocenters. The van der Waals surface area contributed by atoms with Crippen molar-refractivity contribution in [3.63, 3.8) is 0 Å². The predicted molar refractivity (Wildman–Crippen MR) is 63.9 cm³/mol. The number of rotatable bonds is 5. The minimum atomic E-state index is -0.916. The lowest BCUT2D eigenvalue weighted by molar-refractivity contribution is 0.0697. The number of nitrogens with zero attached hydrogens (tertiary/aromatic N) is 2. The van der Waals surface area contributed by atoms with E-state index in [-0.39, 0.29) is 5.56 Å². The summed E-state index contributed by atoms with van der Waals surface area (Å²) >= 11 is 0. The van der Waals surface area contributed by atoms with Crippen molar-refractivity contribution in [2.45, 2.75) is 20.3 Å². The zero-order chi connectivity index (χ0) is 12.1. The van der Waals surface area contributed by atoms with Gasteiger partial charge in [0, 0.05) is 19.8 Å². The topological polar surface area (TPSA) is 53.4 Å². The van der Waals surface area contributed by atoms with Gasteiger partial charge in [-0.15, -0.1) is 0 Å². The molecule has 16 heavy (non-hydrogen) atoms. The Labute approximate surface area is 95.9 Å². The molecular weight excluding hydrogens is 204 g/mol. The van der Waals surface area contributed by atoms with Crippen LogP contribution in [0.5, 0.6) is 0 Å². The molecule has 1 rings (SSSR count). The van der Waals surface area contributed by atoms with Crippen molar-refractivity contribution in [3.05, 3.63) is 23.9 Å². The maximum atomic E-state index is 10.8. The second-order valence-electron chi connectivity index (χ2n) is 4.10. The zero-order valence-corrected chi connectivity index (χ0v) is 9.97. The van der Waals surface area contributed by atoms with Crippen LogP contribution in [0.3, 0.4) is 0 Å². The highest BCUT2D eigenvalue weighted by Crippen LogP contribution is 2.13. The number of carbonyl (C=O) groups is 1. The van der Waals surface area contributed by atoms with Gasteiger partial charge in [0.1, 0.15) is 5.82 Å². The van der Waals surface area contributed by atoms with Crippen LogP contribution in [0.4, 0.5) is 5.82 Å². The summed E-state index contributed by atoms with van der Waals surface area (Å²) in [5.74, 6) is 0.362. The number of hydrogen-bond donors (Lipinski definition) is 1. The zero-order valence-electron chi connectivity index (χ0n) is 9.97. The first-order chi connectivity index (χ1) is 7.54. The highest BCUT2D eigenvalue weighted by molar-refractivity contribution is 5.88. The van der Waals surface area contributed by atoms with E-state index in [0.717, 1.165) is 13.0 Å². The summed E-state index contributed by atoms with van der Waals surface area (Å²) in [6.45, 7) is 5.18. The Balaban J connectivity index is 2.79.